The Hall–Kier alpha value is -0.940. The summed E-state index contributed by atoms with van der Waals surface area (Å²) < 4.78 is 8.71. The average molecular weight is 348 g/mol. The Morgan fingerprint density at radius 1 is 1.05 bits per heavy atom. The third kappa shape index (κ3) is 2.50. The van der Waals surface area contributed by atoms with Crippen LogP contribution in [0.3, 0.4) is 0 Å². The van der Waals surface area contributed by atoms with E-state index in [0.717, 1.165) is 5.56 Å². The molecule has 112 valence electrons. The van der Waals surface area contributed by atoms with E-state index in [1.54, 1.807) is 21.5 Å². The van der Waals surface area contributed by atoms with E-state index in [0.29, 0.717) is 52.6 Å². The van der Waals surface area contributed by atoms with Crippen molar-refractivity contribution in [3.05, 3.63) is 43.2 Å². The summed E-state index contributed by atoms with van der Waals surface area (Å²) in [6, 6.07) is 3.43. The molecule has 2 aromatic rings. The number of rotatable bonds is 1. The van der Waals surface area contributed by atoms with E-state index in [1.165, 1.54) is 0 Å². The summed E-state index contributed by atoms with van der Waals surface area (Å²) >= 11 is 18.7. The van der Waals surface area contributed by atoms with Crippen molar-refractivity contribution in [2.24, 2.45) is 0 Å². The second kappa shape index (κ2) is 5.69. The molecular formula is C14H13Cl3N2O2. The molecule has 7 heteroatoms. The SMILES string of the molecule is Cc1cc(-c2c(Cl)n3n(c2=O)CCOCC3)c(Cl)cc1Cl. The van der Waals surface area contributed by atoms with Crippen LogP contribution >= 0.6 is 34.8 Å². The molecule has 2 heterocycles. The zero-order valence-electron chi connectivity index (χ0n) is 11.3. The van der Waals surface area contributed by atoms with Crippen molar-refractivity contribution >= 4 is 34.8 Å². The Kier molecular flexibility index (Phi) is 4.06. The predicted molar refractivity (Wildman–Crippen MR) is 84.7 cm³/mol. The molecule has 0 saturated heterocycles. The molecule has 0 bridgehead atoms. The maximum atomic E-state index is 12.6. The third-order valence-electron chi connectivity index (χ3n) is 3.59. The van der Waals surface area contributed by atoms with E-state index in [-0.39, 0.29) is 5.56 Å². The number of benzene rings is 1. The molecule has 0 unspecified atom stereocenters. The zero-order valence-corrected chi connectivity index (χ0v) is 13.6. The van der Waals surface area contributed by atoms with Gasteiger partial charge in [0.25, 0.3) is 5.56 Å². The average Bonchev–Trinajstić information content (AvgIpc) is 2.63. The smallest absolute Gasteiger partial charge is 0.276 e. The van der Waals surface area contributed by atoms with Gasteiger partial charge in [-0.05, 0) is 24.6 Å². The summed E-state index contributed by atoms with van der Waals surface area (Å²) in [5, 5.41) is 1.37. The van der Waals surface area contributed by atoms with Gasteiger partial charge in [-0.15, -0.1) is 0 Å². The highest BCUT2D eigenvalue weighted by Crippen LogP contribution is 2.35. The molecule has 3 rings (SSSR count). The van der Waals surface area contributed by atoms with Gasteiger partial charge in [-0.1, -0.05) is 34.8 Å². The number of ether oxygens (including phenoxy) is 1. The van der Waals surface area contributed by atoms with Crippen molar-refractivity contribution in [2.45, 2.75) is 20.0 Å². The first-order valence-corrected chi connectivity index (χ1v) is 7.67. The molecule has 0 aliphatic carbocycles. The van der Waals surface area contributed by atoms with Crippen molar-refractivity contribution in [1.82, 2.24) is 9.36 Å². The van der Waals surface area contributed by atoms with Crippen molar-refractivity contribution in [3.8, 4) is 11.1 Å². The quantitative estimate of drug-likeness (QED) is 0.790. The van der Waals surface area contributed by atoms with Crippen molar-refractivity contribution < 1.29 is 4.74 Å². The number of halogens is 3. The van der Waals surface area contributed by atoms with Crippen LogP contribution in [0, 0.1) is 6.92 Å². The zero-order chi connectivity index (χ0) is 15.1. The summed E-state index contributed by atoms with van der Waals surface area (Å²) in [7, 11) is 0. The van der Waals surface area contributed by atoms with Crippen LogP contribution in [-0.2, 0) is 17.8 Å². The van der Waals surface area contributed by atoms with Gasteiger partial charge in [-0.25, -0.2) is 4.68 Å². The molecule has 4 nitrogen and oxygen atoms in total. The van der Waals surface area contributed by atoms with E-state index in [4.69, 9.17) is 39.5 Å². The Labute approximate surface area is 136 Å². The minimum atomic E-state index is -0.158. The van der Waals surface area contributed by atoms with Crippen LogP contribution in [0.15, 0.2) is 16.9 Å². The Morgan fingerprint density at radius 2 is 1.71 bits per heavy atom. The van der Waals surface area contributed by atoms with Gasteiger partial charge in [0.1, 0.15) is 5.15 Å². The first kappa shape index (κ1) is 15.0. The normalized spacial score (nSPS) is 14.9. The molecule has 0 saturated carbocycles. The van der Waals surface area contributed by atoms with Crippen LogP contribution in [0.4, 0.5) is 0 Å². The van der Waals surface area contributed by atoms with Gasteiger partial charge in [0, 0.05) is 10.6 Å². The second-order valence-corrected chi connectivity index (χ2v) is 6.08. The number of fused-ring (bicyclic) bond motifs is 1. The summed E-state index contributed by atoms with van der Waals surface area (Å²) in [6.45, 7) is 3.90. The van der Waals surface area contributed by atoms with E-state index in [1.807, 2.05) is 6.92 Å². The molecule has 0 amide bonds. The Balaban J connectivity index is 2.25. The summed E-state index contributed by atoms with van der Waals surface area (Å²) in [6.07, 6.45) is 0. The number of hydrogen-bond donors (Lipinski definition) is 0. The van der Waals surface area contributed by atoms with E-state index in [9.17, 15) is 4.79 Å². The number of hydrogen-bond acceptors (Lipinski definition) is 2. The lowest BCUT2D eigenvalue weighted by Crippen LogP contribution is -2.23. The highest BCUT2D eigenvalue weighted by Gasteiger charge is 2.23. The fourth-order valence-corrected chi connectivity index (χ4v) is 3.32. The molecule has 1 aliphatic heterocycles. The van der Waals surface area contributed by atoms with Gasteiger partial charge in [0.15, 0.2) is 0 Å². The van der Waals surface area contributed by atoms with Crippen molar-refractivity contribution in [2.75, 3.05) is 13.2 Å². The minimum Gasteiger partial charge on any atom is -0.378 e. The highest BCUT2D eigenvalue weighted by molar-refractivity contribution is 6.38. The lowest BCUT2D eigenvalue weighted by Gasteiger charge is -2.07. The van der Waals surface area contributed by atoms with E-state index >= 15 is 0 Å². The molecule has 0 atom stereocenters. The van der Waals surface area contributed by atoms with Crippen LogP contribution in [0.5, 0.6) is 0 Å². The Bertz CT molecular complexity index is 765. The molecule has 0 radical (unpaired) electrons. The summed E-state index contributed by atoms with van der Waals surface area (Å²) in [5.74, 6) is 0. The molecule has 0 fully saturated rings. The van der Waals surface area contributed by atoms with Gasteiger partial charge >= 0.3 is 0 Å². The van der Waals surface area contributed by atoms with Crippen LogP contribution in [0.1, 0.15) is 5.56 Å². The maximum Gasteiger partial charge on any atom is 0.276 e. The first-order chi connectivity index (χ1) is 10.0. The van der Waals surface area contributed by atoms with E-state index in [2.05, 4.69) is 0 Å². The molecule has 0 spiro atoms. The molecule has 21 heavy (non-hydrogen) atoms. The molecular weight excluding hydrogens is 335 g/mol. The molecule has 1 aliphatic rings. The van der Waals surface area contributed by atoms with Crippen LogP contribution < -0.4 is 5.56 Å². The first-order valence-electron chi connectivity index (χ1n) is 6.53. The lowest BCUT2D eigenvalue weighted by atomic mass is 10.1. The molecule has 1 aromatic carbocycles. The highest BCUT2D eigenvalue weighted by atomic mass is 35.5. The van der Waals surface area contributed by atoms with Gasteiger partial charge < -0.3 is 4.74 Å². The largest absolute Gasteiger partial charge is 0.378 e. The number of nitrogens with zero attached hydrogens (tertiary/aromatic N) is 2. The van der Waals surface area contributed by atoms with Crippen molar-refractivity contribution in [3.63, 3.8) is 0 Å². The second-order valence-electron chi connectivity index (χ2n) is 4.91. The minimum absolute atomic E-state index is 0.158. The van der Waals surface area contributed by atoms with E-state index < -0.39 is 0 Å². The standard InChI is InChI=1S/C14H13Cl3N2O2/c1-8-6-9(11(16)7-10(8)15)12-13(17)18-2-4-21-5-3-19(18)14(12)20/h6-7H,2-5H2,1H3. The van der Waals surface area contributed by atoms with Crippen LogP contribution in [0.25, 0.3) is 11.1 Å². The van der Waals surface area contributed by atoms with Gasteiger partial charge in [0.2, 0.25) is 0 Å². The third-order valence-corrected chi connectivity index (χ3v) is 4.69. The van der Waals surface area contributed by atoms with Gasteiger partial charge in [-0.3, -0.25) is 9.48 Å². The maximum absolute atomic E-state index is 12.6. The van der Waals surface area contributed by atoms with Gasteiger partial charge in [0.05, 0.1) is 36.9 Å². The predicted octanol–water partition coefficient (Wildman–Crippen LogP) is 3.62. The van der Waals surface area contributed by atoms with Crippen molar-refractivity contribution in [1.29, 1.82) is 0 Å². The summed E-state index contributed by atoms with van der Waals surface area (Å²) in [4.78, 5) is 12.6. The van der Waals surface area contributed by atoms with Crippen LogP contribution in [-0.4, -0.2) is 22.6 Å². The topological polar surface area (TPSA) is 36.2 Å². The molecule has 0 N–H and O–H groups in total. The summed E-state index contributed by atoms with van der Waals surface area (Å²) in [5.41, 5.74) is 1.72. The fraction of sp³-hybridized carbons (Fsp3) is 0.357. The van der Waals surface area contributed by atoms with Crippen LogP contribution in [0.2, 0.25) is 15.2 Å². The van der Waals surface area contributed by atoms with Gasteiger partial charge in [-0.2, -0.15) is 0 Å². The number of aromatic nitrogens is 2. The fourth-order valence-electron chi connectivity index (χ4n) is 2.48. The lowest BCUT2D eigenvalue weighted by molar-refractivity contribution is 0.137. The monoisotopic (exact) mass is 346 g/mol. The molecule has 1 aromatic heterocycles. The number of aryl methyl sites for hydroxylation is 1. The Morgan fingerprint density at radius 3 is 2.43 bits per heavy atom.